The minimum absolute atomic E-state index is 0.0111. The van der Waals surface area contributed by atoms with Crippen LogP contribution in [0.15, 0.2) is 18.3 Å². The van der Waals surface area contributed by atoms with Crippen LogP contribution in [-0.4, -0.2) is 30.4 Å². The van der Waals surface area contributed by atoms with Crippen LogP contribution in [0.3, 0.4) is 0 Å². The molecule has 78 valence electrons. The Morgan fingerprint density at radius 1 is 1.57 bits per heavy atom. The molecule has 1 aromatic rings. The molecule has 0 bridgehead atoms. The van der Waals surface area contributed by atoms with Crippen LogP contribution in [-0.2, 0) is 5.41 Å². The fourth-order valence-electron chi connectivity index (χ4n) is 1.11. The fraction of sp³-hybridized carbons (Fsp3) is 0.500. The SMILES string of the molecule is COc1ccc(C(C)(CN)CO)nc1. The van der Waals surface area contributed by atoms with E-state index in [-0.39, 0.29) is 6.61 Å². The molecule has 0 aliphatic carbocycles. The van der Waals surface area contributed by atoms with Crippen molar-refractivity contribution in [1.82, 2.24) is 4.98 Å². The van der Waals surface area contributed by atoms with Gasteiger partial charge in [-0.2, -0.15) is 0 Å². The van der Waals surface area contributed by atoms with Gasteiger partial charge in [0.1, 0.15) is 5.75 Å². The Bertz CT molecular complexity index is 281. The predicted octanol–water partition coefficient (Wildman–Crippen LogP) is 0.299. The van der Waals surface area contributed by atoms with Gasteiger partial charge in [0.2, 0.25) is 0 Å². The van der Waals surface area contributed by atoms with Gasteiger partial charge in [-0.05, 0) is 12.1 Å². The van der Waals surface area contributed by atoms with Crippen molar-refractivity contribution in [3.05, 3.63) is 24.0 Å². The molecular weight excluding hydrogens is 180 g/mol. The lowest BCUT2D eigenvalue weighted by Gasteiger charge is -2.24. The highest BCUT2D eigenvalue weighted by molar-refractivity contribution is 5.24. The molecule has 4 heteroatoms. The summed E-state index contributed by atoms with van der Waals surface area (Å²) in [5.74, 6) is 0.700. The molecular formula is C10H16N2O2. The van der Waals surface area contributed by atoms with E-state index in [4.69, 9.17) is 10.5 Å². The molecule has 3 N–H and O–H groups in total. The second-order valence-electron chi connectivity index (χ2n) is 3.51. The molecule has 4 nitrogen and oxygen atoms in total. The van der Waals surface area contributed by atoms with E-state index in [1.807, 2.05) is 19.1 Å². The summed E-state index contributed by atoms with van der Waals surface area (Å²) in [5, 5.41) is 9.21. The van der Waals surface area contributed by atoms with Crippen molar-refractivity contribution in [2.75, 3.05) is 20.3 Å². The summed E-state index contributed by atoms with van der Waals surface area (Å²) >= 11 is 0. The van der Waals surface area contributed by atoms with Crippen LogP contribution in [0.25, 0.3) is 0 Å². The Labute approximate surface area is 83.7 Å². The highest BCUT2D eigenvalue weighted by Crippen LogP contribution is 2.21. The summed E-state index contributed by atoms with van der Waals surface area (Å²) in [6, 6.07) is 3.63. The molecule has 0 saturated carbocycles. The number of ether oxygens (including phenoxy) is 1. The minimum Gasteiger partial charge on any atom is -0.495 e. The molecule has 0 saturated heterocycles. The first-order chi connectivity index (χ1) is 6.66. The van der Waals surface area contributed by atoms with E-state index in [0.717, 1.165) is 5.69 Å². The van der Waals surface area contributed by atoms with Crippen molar-refractivity contribution in [3.63, 3.8) is 0 Å². The molecule has 1 atom stereocenters. The van der Waals surface area contributed by atoms with Crippen molar-refractivity contribution in [2.24, 2.45) is 5.73 Å². The molecule has 0 aromatic carbocycles. The van der Waals surface area contributed by atoms with Gasteiger partial charge in [-0.1, -0.05) is 6.92 Å². The summed E-state index contributed by atoms with van der Waals surface area (Å²) < 4.78 is 4.99. The number of aliphatic hydroxyl groups excluding tert-OH is 1. The van der Waals surface area contributed by atoms with Gasteiger partial charge in [-0.3, -0.25) is 4.98 Å². The van der Waals surface area contributed by atoms with Gasteiger partial charge in [0.25, 0.3) is 0 Å². The van der Waals surface area contributed by atoms with Crippen LogP contribution in [0.2, 0.25) is 0 Å². The zero-order chi connectivity index (χ0) is 10.6. The van der Waals surface area contributed by atoms with Crippen molar-refractivity contribution in [2.45, 2.75) is 12.3 Å². The van der Waals surface area contributed by atoms with Crippen LogP contribution in [0.1, 0.15) is 12.6 Å². The van der Waals surface area contributed by atoms with Gasteiger partial charge < -0.3 is 15.6 Å². The van der Waals surface area contributed by atoms with Crippen molar-refractivity contribution >= 4 is 0 Å². The summed E-state index contributed by atoms with van der Waals surface area (Å²) in [6.45, 7) is 2.23. The van der Waals surface area contributed by atoms with Crippen molar-refractivity contribution in [3.8, 4) is 5.75 Å². The monoisotopic (exact) mass is 196 g/mol. The number of methoxy groups -OCH3 is 1. The minimum atomic E-state index is -0.466. The number of hydrogen-bond acceptors (Lipinski definition) is 4. The van der Waals surface area contributed by atoms with E-state index < -0.39 is 5.41 Å². The maximum atomic E-state index is 9.21. The van der Waals surface area contributed by atoms with Gasteiger partial charge >= 0.3 is 0 Å². The number of pyridine rings is 1. The van der Waals surface area contributed by atoms with Crippen LogP contribution < -0.4 is 10.5 Å². The van der Waals surface area contributed by atoms with Gasteiger partial charge in [0.15, 0.2) is 0 Å². The van der Waals surface area contributed by atoms with E-state index in [2.05, 4.69) is 4.98 Å². The standard InChI is InChI=1S/C10H16N2O2/c1-10(6-11,7-13)9-4-3-8(14-2)5-12-9/h3-5,13H,6-7,11H2,1-2H3. The number of aromatic nitrogens is 1. The number of hydrogen-bond donors (Lipinski definition) is 2. The van der Waals surface area contributed by atoms with Crippen LogP contribution in [0.4, 0.5) is 0 Å². The summed E-state index contributed by atoms with van der Waals surface area (Å²) in [6.07, 6.45) is 1.62. The number of nitrogens with zero attached hydrogens (tertiary/aromatic N) is 1. The number of rotatable bonds is 4. The smallest absolute Gasteiger partial charge is 0.137 e. The average Bonchev–Trinajstić information content (AvgIpc) is 2.28. The van der Waals surface area contributed by atoms with E-state index in [9.17, 15) is 5.11 Å². The third-order valence-electron chi connectivity index (χ3n) is 2.39. The number of nitrogens with two attached hydrogens (primary N) is 1. The molecule has 1 unspecified atom stereocenters. The zero-order valence-electron chi connectivity index (χ0n) is 8.53. The summed E-state index contributed by atoms with van der Waals surface area (Å²) in [7, 11) is 1.59. The Kier molecular flexibility index (Phi) is 3.43. The Hall–Kier alpha value is -1.13. The highest BCUT2D eigenvalue weighted by atomic mass is 16.5. The second kappa shape index (κ2) is 4.39. The van der Waals surface area contributed by atoms with Gasteiger partial charge in [-0.15, -0.1) is 0 Å². The lowest BCUT2D eigenvalue weighted by atomic mass is 9.87. The maximum Gasteiger partial charge on any atom is 0.137 e. The second-order valence-corrected chi connectivity index (χ2v) is 3.51. The van der Waals surface area contributed by atoms with E-state index in [0.29, 0.717) is 12.3 Å². The largest absolute Gasteiger partial charge is 0.495 e. The first-order valence-corrected chi connectivity index (χ1v) is 4.48. The molecule has 0 radical (unpaired) electrons. The third-order valence-corrected chi connectivity index (χ3v) is 2.39. The molecule has 1 rings (SSSR count). The van der Waals surface area contributed by atoms with E-state index in [1.54, 1.807) is 13.3 Å². The first-order valence-electron chi connectivity index (χ1n) is 4.48. The quantitative estimate of drug-likeness (QED) is 0.726. The normalized spacial score (nSPS) is 14.9. The van der Waals surface area contributed by atoms with Gasteiger partial charge in [0, 0.05) is 12.0 Å². The number of aliphatic hydroxyl groups is 1. The van der Waals surface area contributed by atoms with Crippen molar-refractivity contribution < 1.29 is 9.84 Å². The van der Waals surface area contributed by atoms with Crippen molar-refractivity contribution in [1.29, 1.82) is 0 Å². The first kappa shape index (κ1) is 10.9. The van der Waals surface area contributed by atoms with Crippen LogP contribution >= 0.6 is 0 Å². The van der Waals surface area contributed by atoms with E-state index in [1.165, 1.54) is 0 Å². The molecule has 0 aliphatic rings. The third kappa shape index (κ3) is 2.02. The molecule has 0 amide bonds. The molecule has 0 aliphatic heterocycles. The topological polar surface area (TPSA) is 68.4 Å². The zero-order valence-corrected chi connectivity index (χ0v) is 8.53. The van der Waals surface area contributed by atoms with Crippen LogP contribution in [0.5, 0.6) is 5.75 Å². The molecule has 14 heavy (non-hydrogen) atoms. The van der Waals surface area contributed by atoms with Gasteiger partial charge in [-0.25, -0.2) is 0 Å². The summed E-state index contributed by atoms with van der Waals surface area (Å²) in [4.78, 5) is 4.20. The predicted molar refractivity (Wildman–Crippen MR) is 54.3 cm³/mol. The maximum absolute atomic E-state index is 9.21. The molecule has 1 aromatic heterocycles. The average molecular weight is 196 g/mol. The van der Waals surface area contributed by atoms with Gasteiger partial charge in [0.05, 0.1) is 25.6 Å². The van der Waals surface area contributed by atoms with Crippen LogP contribution in [0, 0.1) is 0 Å². The molecule has 0 fully saturated rings. The highest BCUT2D eigenvalue weighted by Gasteiger charge is 2.25. The Morgan fingerprint density at radius 2 is 2.29 bits per heavy atom. The lowest BCUT2D eigenvalue weighted by molar-refractivity contribution is 0.207. The molecule has 1 heterocycles. The van der Waals surface area contributed by atoms with E-state index >= 15 is 0 Å². The Balaban J connectivity index is 2.95. The molecule has 0 spiro atoms. The summed E-state index contributed by atoms with van der Waals surface area (Å²) in [5.41, 5.74) is 5.90. The fourth-order valence-corrected chi connectivity index (χ4v) is 1.11. The lowest BCUT2D eigenvalue weighted by Crippen LogP contribution is -2.36. The Morgan fingerprint density at radius 3 is 2.64 bits per heavy atom.